The molecule has 1 N–H and O–H groups in total. The van der Waals surface area contributed by atoms with Crippen molar-refractivity contribution in [2.45, 2.75) is 12.8 Å². The van der Waals surface area contributed by atoms with E-state index in [0.717, 1.165) is 6.07 Å². The Morgan fingerprint density at radius 1 is 1.25 bits per heavy atom. The smallest absolute Gasteiger partial charge is 0.418 e. The van der Waals surface area contributed by atoms with Gasteiger partial charge in [0.05, 0.1) is 23.1 Å². The Bertz CT molecular complexity index is 587. The third-order valence-corrected chi connectivity index (χ3v) is 2.61. The number of aromatic nitrogens is 2. The summed E-state index contributed by atoms with van der Waals surface area (Å²) >= 11 is 0. The molecule has 106 valence electrons. The number of nitrogens with one attached hydrogen (secondary N) is 1. The molecule has 0 radical (unpaired) electrons. The number of hydrogen-bond donors (Lipinski definition) is 1. The second-order valence-corrected chi connectivity index (χ2v) is 3.91. The lowest BCUT2D eigenvalue weighted by Crippen LogP contribution is -2.12. The fourth-order valence-electron chi connectivity index (χ4n) is 1.66. The van der Waals surface area contributed by atoms with E-state index in [2.05, 4.69) is 15.3 Å². The van der Waals surface area contributed by atoms with Gasteiger partial charge in [-0.2, -0.15) is 13.2 Å². The number of ether oxygens (including phenoxy) is 1. The van der Waals surface area contributed by atoms with Crippen LogP contribution in [0.25, 0.3) is 0 Å². The van der Waals surface area contributed by atoms with Gasteiger partial charge in [0, 0.05) is 19.4 Å². The van der Waals surface area contributed by atoms with Gasteiger partial charge in [0.2, 0.25) is 0 Å². The molecule has 7 heteroatoms. The zero-order chi connectivity index (χ0) is 14.6. The highest BCUT2D eigenvalue weighted by Crippen LogP contribution is 2.32. The molecule has 0 bridgehead atoms. The summed E-state index contributed by atoms with van der Waals surface area (Å²) in [7, 11) is 1.68. The van der Waals surface area contributed by atoms with Gasteiger partial charge in [-0.25, -0.2) is 0 Å². The van der Waals surface area contributed by atoms with E-state index in [0.29, 0.717) is 11.4 Å². The molecule has 0 atom stereocenters. The first-order valence-corrected chi connectivity index (χ1v) is 5.78. The quantitative estimate of drug-likeness (QED) is 0.936. The average molecular weight is 283 g/mol. The Morgan fingerprint density at radius 3 is 2.75 bits per heavy atom. The summed E-state index contributed by atoms with van der Waals surface area (Å²) in [5.74, 6) is 0.369. The van der Waals surface area contributed by atoms with Gasteiger partial charge in [-0.15, -0.1) is 0 Å². The topological polar surface area (TPSA) is 47.0 Å². The van der Waals surface area contributed by atoms with Crippen molar-refractivity contribution in [3.05, 3.63) is 48.0 Å². The summed E-state index contributed by atoms with van der Waals surface area (Å²) in [6.45, 7) is -0.282. The molecule has 0 saturated heterocycles. The molecule has 20 heavy (non-hydrogen) atoms. The van der Waals surface area contributed by atoms with Crippen LogP contribution in [0.2, 0.25) is 0 Å². The van der Waals surface area contributed by atoms with Crippen LogP contribution in [-0.4, -0.2) is 17.0 Å². The maximum Gasteiger partial charge on any atom is 0.418 e. The number of alkyl halides is 3. The first kappa shape index (κ1) is 14.1. The first-order valence-electron chi connectivity index (χ1n) is 5.78. The molecular weight excluding hydrogens is 271 g/mol. The highest BCUT2D eigenvalue weighted by atomic mass is 19.4. The lowest BCUT2D eigenvalue weighted by atomic mass is 10.2. The molecule has 0 unspecified atom stereocenters. The Hall–Kier alpha value is -2.31. The maximum atomic E-state index is 12.8. The van der Waals surface area contributed by atoms with Crippen molar-refractivity contribution < 1.29 is 17.9 Å². The van der Waals surface area contributed by atoms with Gasteiger partial charge in [-0.3, -0.25) is 9.97 Å². The van der Waals surface area contributed by atoms with Gasteiger partial charge in [-0.05, 0) is 18.2 Å². The zero-order valence-electron chi connectivity index (χ0n) is 10.6. The minimum atomic E-state index is -4.45. The molecule has 0 aromatic carbocycles. The summed E-state index contributed by atoms with van der Waals surface area (Å²) in [5, 5.41) is 2.87. The summed E-state index contributed by atoms with van der Waals surface area (Å²) in [4.78, 5) is 7.60. The van der Waals surface area contributed by atoms with Crippen molar-refractivity contribution in [3.8, 4) is 5.75 Å². The highest BCUT2D eigenvalue weighted by Gasteiger charge is 2.33. The Balaban J connectivity index is 2.20. The minimum Gasteiger partial charge on any atom is -0.483 e. The molecule has 0 aliphatic carbocycles. The molecule has 2 aromatic heterocycles. The Morgan fingerprint density at radius 2 is 2.05 bits per heavy atom. The van der Waals surface area contributed by atoms with Crippen molar-refractivity contribution in [2.75, 3.05) is 12.4 Å². The van der Waals surface area contributed by atoms with Gasteiger partial charge in [0.15, 0.2) is 5.75 Å². The molecule has 0 spiro atoms. The van der Waals surface area contributed by atoms with E-state index >= 15 is 0 Å². The standard InChI is InChI=1S/C13H12F3N3O/c1-17-10-4-6-18-7-12(10)20-8-11-9(13(14,15)16)3-2-5-19-11/h2-7H,8H2,1H3,(H,17,18). The molecule has 0 aliphatic heterocycles. The molecule has 4 nitrogen and oxygen atoms in total. The van der Waals surface area contributed by atoms with Gasteiger partial charge in [0.1, 0.15) is 6.61 Å². The molecule has 0 aliphatic rings. The van der Waals surface area contributed by atoms with Gasteiger partial charge in [-0.1, -0.05) is 0 Å². The first-order chi connectivity index (χ1) is 9.52. The normalized spacial score (nSPS) is 11.2. The van der Waals surface area contributed by atoms with Crippen LogP contribution in [0.4, 0.5) is 18.9 Å². The summed E-state index contributed by atoms with van der Waals surface area (Å²) in [6.07, 6.45) is -0.160. The summed E-state index contributed by atoms with van der Waals surface area (Å²) in [6, 6.07) is 3.89. The Labute approximate surface area is 113 Å². The van der Waals surface area contributed by atoms with Crippen LogP contribution in [0.3, 0.4) is 0 Å². The molecule has 0 fully saturated rings. The number of hydrogen-bond acceptors (Lipinski definition) is 4. The van der Waals surface area contributed by atoms with E-state index in [1.54, 1.807) is 19.3 Å². The third kappa shape index (κ3) is 3.17. The number of pyridine rings is 2. The number of nitrogens with zero attached hydrogens (tertiary/aromatic N) is 2. The van der Waals surface area contributed by atoms with E-state index in [-0.39, 0.29) is 12.3 Å². The lowest BCUT2D eigenvalue weighted by molar-refractivity contribution is -0.138. The van der Waals surface area contributed by atoms with Crippen LogP contribution < -0.4 is 10.1 Å². The molecular formula is C13H12F3N3O. The summed E-state index contributed by atoms with van der Waals surface area (Å²) in [5.41, 5.74) is -0.315. The van der Waals surface area contributed by atoms with Crippen LogP contribution in [0.1, 0.15) is 11.3 Å². The van der Waals surface area contributed by atoms with Crippen LogP contribution in [0.5, 0.6) is 5.75 Å². The third-order valence-electron chi connectivity index (χ3n) is 2.61. The van der Waals surface area contributed by atoms with Gasteiger partial charge in [0.25, 0.3) is 0 Å². The number of anilines is 1. The van der Waals surface area contributed by atoms with E-state index in [4.69, 9.17) is 4.74 Å². The molecule has 0 saturated carbocycles. The molecule has 2 rings (SSSR count). The molecule has 2 aromatic rings. The SMILES string of the molecule is CNc1ccncc1OCc1ncccc1C(F)(F)F. The van der Waals surface area contributed by atoms with Crippen molar-refractivity contribution in [2.24, 2.45) is 0 Å². The van der Waals surface area contributed by atoms with Crippen molar-refractivity contribution in [1.29, 1.82) is 0 Å². The average Bonchev–Trinajstić information content (AvgIpc) is 2.44. The fraction of sp³-hybridized carbons (Fsp3) is 0.231. The predicted molar refractivity (Wildman–Crippen MR) is 67.4 cm³/mol. The number of halogens is 3. The van der Waals surface area contributed by atoms with E-state index in [9.17, 15) is 13.2 Å². The van der Waals surface area contributed by atoms with Crippen LogP contribution in [-0.2, 0) is 12.8 Å². The second kappa shape index (κ2) is 5.77. The van der Waals surface area contributed by atoms with Gasteiger partial charge < -0.3 is 10.1 Å². The zero-order valence-corrected chi connectivity index (χ0v) is 10.6. The summed E-state index contributed by atoms with van der Waals surface area (Å²) < 4.78 is 43.8. The maximum absolute atomic E-state index is 12.8. The monoisotopic (exact) mass is 283 g/mol. The predicted octanol–water partition coefficient (Wildman–Crippen LogP) is 3.12. The lowest BCUT2D eigenvalue weighted by Gasteiger charge is -2.13. The fourth-order valence-corrected chi connectivity index (χ4v) is 1.66. The van der Waals surface area contributed by atoms with E-state index in [1.165, 1.54) is 18.5 Å². The highest BCUT2D eigenvalue weighted by molar-refractivity contribution is 5.53. The number of rotatable bonds is 4. The van der Waals surface area contributed by atoms with Crippen molar-refractivity contribution in [1.82, 2.24) is 9.97 Å². The Kier molecular flexibility index (Phi) is 4.07. The van der Waals surface area contributed by atoms with Crippen LogP contribution in [0.15, 0.2) is 36.8 Å². The largest absolute Gasteiger partial charge is 0.483 e. The van der Waals surface area contributed by atoms with E-state index in [1.807, 2.05) is 0 Å². The minimum absolute atomic E-state index is 0.161. The van der Waals surface area contributed by atoms with Crippen molar-refractivity contribution >= 4 is 5.69 Å². The van der Waals surface area contributed by atoms with E-state index < -0.39 is 11.7 Å². The molecule has 2 heterocycles. The van der Waals surface area contributed by atoms with Crippen molar-refractivity contribution in [3.63, 3.8) is 0 Å². The van der Waals surface area contributed by atoms with Gasteiger partial charge >= 0.3 is 6.18 Å². The van der Waals surface area contributed by atoms with Crippen LogP contribution >= 0.6 is 0 Å². The van der Waals surface area contributed by atoms with Crippen LogP contribution in [0, 0.1) is 0 Å². The molecule has 0 amide bonds. The second-order valence-electron chi connectivity index (χ2n) is 3.91.